The van der Waals surface area contributed by atoms with Crippen molar-refractivity contribution in [3.8, 4) is 0 Å². The summed E-state index contributed by atoms with van der Waals surface area (Å²) in [5.41, 5.74) is 1.62. The van der Waals surface area contributed by atoms with Crippen molar-refractivity contribution in [3.63, 3.8) is 0 Å². The number of aromatic nitrogens is 2. The molecule has 108 valence electrons. The highest BCUT2D eigenvalue weighted by Gasteiger charge is 2.20. The van der Waals surface area contributed by atoms with Gasteiger partial charge in [0.2, 0.25) is 0 Å². The second-order valence-electron chi connectivity index (χ2n) is 4.75. The van der Waals surface area contributed by atoms with E-state index in [2.05, 4.69) is 10.4 Å². The molecule has 0 aliphatic carbocycles. The lowest BCUT2D eigenvalue weighted by Gasteiger charge is -2.23. The maximum absolute atomic E-state index is 12.3. The molecule has 1 unspecified atom stereocenters. The Morgan fingerprint density at radius 1 is 1.60 bits per heavy atom. The van der Waals surface area contributed by atoms with Crippen LogP contribution in [0.15, 0.2) is 29.0 Å². The number of anilines is 1. The van der Waals surface area contributed by atoms with E-state index in [1.165, 1.54) is 0 Å². The van der Waals surface area contributed by atoms with Crippen LogP contribution in [0.1, 0.15) is 31.3 Å². The number of hydrogen-bond donors (Lipinski definition) is 1. The summed E-state index contributed by atoms with van der Waals surface area (Å²) >= 11 is 0. The van der Waals surface area contributed by atoms with Crippen LogP contribution in [0.25, 0.3) is 0 Å². The Kier molecular flexibility index (Phi) is 4.12. The fraction of sp³-hybridized carbons (Fsp3) is 0.429. The Balaban J connectivity index is 2.07. The monoisotopic (exact) mass is 276 g/mol. The molecular formula is C14H20N4O2. The lowest BCUT2D eigenvalue weighted by atomic mass is 10.2. The van der Waals surface area contributed by atoms with E-state index in [9.17, 15) is 4.79 Å². The van der Waals surface area contributed by atoms with Crippen LogP contribution in [0.5, 0.6) is 0 Å². The standard InChI is InChI=1S/C14H20N4O2/c1-5-11-12(9-17(3)16-11)15-14(19)18(4)10(2)13-7-6-8-20-13/h6-10H,5H2,1-4H3,(H,15,19). The van der Waals surface area contributed by atoms with Crippen LogP contribution in [0.4, 0.5) is 10.5 Å². The maximum Gasteiger partial charge on any atom is 0.322 e. The van der Waals surface area contributed by atoms with E-state index in [1.807, 2.05) is 39.2 Å². The van der Waals surface area contributed by atoms with Crippen molar-refractivity contribution in [1.82, 2.24) is 14.7 Å². The summed E-state index contributed by atoms with van der Waals surface area (Å²) in [5.74, 6) is 0.754. The van der Waals surface area contributed by atoms with Crippen LogP contribution >= 0.6 is 0 Å². The van der Waals surface area contributed by atoms with Gasteiger partial charge in [0.25, 0.3) is 0 Å². The summed E-state index contributed by atoms with van der Waals surface area (Å²) < 4.78 is 7.03. The van der Waals surface area contributed by atoms with Crippen molar-refractivity contribution >= 4 is 11.7 Å². The van der Waals surface area contributed by atoms with Crippen molar-refractivity contribution in [2.45, 2.75) is 26.3 Å². The number of carbonyl (C=O) groups is 1. The first-order chi connectivity index (χ1) is 9.52. The van der Waals surface area contributed by atoms with Crippen molar-refractivity contribution < 1.29 is 9.21 Å². The van der Waals surface area contributed by atoms with Gasteiger partial charge in [-0.25, -0.2) is 4.79 Å². The Bertz CT molecular complexity index is 574. The van der Waals surface area contributed by atoms with Gasteiger partial charge >= 0.3 is 6.03 Å². The van der Waals surface area contributed by atoms with Crippen molar-refractivity contribution in [2.24, 2.45) is 7.05 Å². The zero-order valence-corrected chi connectivity index (χ0v) is 12.3. The third-order valence-corrected chi connectivity index (χ3v) is 3.34. The number of urea groups is 1. The second-order valence-corrected chi connectivity index (χ2v) is 4.75. The third-order valence-electron chi connectivity index (χ3n) is 3.34. The Morgan fingerprint density at radius 2 is 2.35 bits per heavy atom. The minimum Gasteiger partial charge on any atom is -0.467 e. The molecule has 0 spiro atoms. The van der Waals surface area contributed by atoms with Gasteiger partial charge in [-0.15, -0.1) is 0 Å². The van der Waals surface area contributed by atoms with Gasteiger partial charge in [-0.3, -0.25) is 4.68 Å². The molecule has 2 heterocycles. The quantitative estimate of drug-likeness (QED) is 0.934. The van der Waals surface area contributed by atoms with E-state index >= 15 is 0 Å². The summed E-state index contributed by atoms with van der Waals surface area (Å²) in [6.07, 6.45) is 4.18. The van der Waals surface area contributed by atoms with Gasteiger partial charge in [-0.05, 0) is 25.5 Å². The largest absolute Gasteiger partial charge is 0.467 e. The van der Waals surface area contributed by atoms with Crippen LogP contribution in [0.3, 0.4) is 0 Å². The van der Waals surface area contributed by atoms with Gasteiger partial charge in [0.1, 0.15) is 5.76 Å². The summed E-state index contributed by atoms with van der Waals surface area (Å²) in [7, 11) is 3.58. The first kappa shape index (κ1) is 14.2. The van der Waals surface area contributed by atoms with Gasteiger partial charge in [-0.1, -0.05) is 6.92 Å². The lowest BCUT2D eigenvalue weighted by molar-refractivity contribution is 0.201. The van der Waals surface area contributed by atoms with Gasteiger partial charge in [0.15, 0.2) is 0 Å². The molecule has 0 saturated heterocycles. The summed E-state index contributed by atoms with van der Waals surface area (Å²) in [6.45, 7) is 3.93. The lowest BCUT2D eigenvalue weighted by Crippen LogP contribution is -2.33. The molecule has 0 radical (unpaired) electrons. The molecule has 0 fully saturated rings. The van der Waals surface area contributed by atoms with Crippen LogP contribution in [0.2, 0.25) is 0 Å². The van der Waals surface area contributed by atoms with Crippen LogP contribution in [-0.2, 0) is 13.5 Å². The predicted molar refractivity (Wildman–Crippen MR) is 76.5 cm³/mol. The van der Waals surface area contributed by atoms with E-state index < -0.39 is 0 Å². The molecule has 1 atom stereocenters. The zero-order valence-electron chi connectivity index (χ0n) is 12.3. The first-order valence-electron chi connectivity index (χ1n) is 6.62. The fourth-order valence-electron chi connectivity index (χ4n) is 2.00. The zero-order chi connectivity index (χ0) is 14.7. The van der Waals surface area contributed by atoms with E-state index in [1.54, 1.807) is 22.9 Å². The summed E-state index contributed by atoms with van der Waals surface area (Å²) in [4.78, 5) is 13.9. The highest BCUT2D eigenvalue weighted by Crippen LogP contribution is 2.21. The molecule has 0 saturated carbocycles. The average Bonchev–Trinajstić information content (AvgIpc) is 3.06. The average molecular weight is 276 g/mol. The summed E-state index contributed by atoms with van der Waals surface area (Å²) in [5, 5.41) is 7.19. The molecule has 20 heavy (non-hydrogen) atoms. The number of hydrogen-bond acceptors (Lipinski definition) is 3. The molecule has 6 heteroatoms. The van der Waals surface area contributed by atoms with Crippen LogP contribution in [-0.4, -0.2) is 27.8 Å². The SMILES string of the molecule is CCc1nn(C)cc1NC(=O)N(C)C(C)c1ccco1. The first-order valence-corrected chi connectivity index (χ1v) is 6.62. The summed E-state index contributed by atoms with van der Waals surface area (Å²) in [6, 6.07) is 3.35. The van der Waals surface area contributed by atoms with Crippen LogP contribution in [0, 0.1) is 0 Å². The number of aryl methyl sites for hydroxylation is 2. The topological polar surface area (TPSA) is 63.3 Å². The number of rotatable bonds is 4. The van der Waals surface area contributed by atoms with E-state index in [-0.39, 0.29) is 12.1 Å². The van der Waals surface area contributed by atoms with E-state index in [4.69, 9.17) is 4.42 Å². The fourth-order valence-corrected chi connectivity index (χ4v) is 2.00. The van der Waals surface area contributed by atoms with Crippen molar-refractivity contribution in [2.75, 3.05) is 12.4 Å². The highest BCUT2D eigenvalue weighted by molar-refractivity contribution is 5.89. The smallest absolute Gasteiger partial charge is 0.322 e. The molecule has 0 aliphatic rings. The molecule has 6 nitrogen and oxygen atoms in total. The molecule has 2 rings (SSSR count). The number of amides is 2. The molecule has 0 aliphatic heterocycles. The van der Waals surface area contributed by atoms with Crippen molar-refractivity contribution in [3.05, 3.63) is 36.0 Å². The Labute approximate surface area is 118 Å². The predicted octanol–water partition coefficient (Wildman–Crippen LogP) is 2.80. The van der Waals surface area contributed by atoms with E-state index in [0.717, 1.165) is 23.6 Å². The molecule has 2 amide bonds. The van der Waals surface area contributed by atoms with E-state index in [0.29, 0.717) is 0 Å². The molecule has 2 aromatic rings. The van der Waals surface area contributed by atoms with Crippen molar-refractivity contribution in [1.29, 1.82) is 0 Å². The Hall–Kier alpha value is -2.24. The molecule has 1 N–H and O–H groups in total. The molecule has 0 aromatic carbocycles. The normalized spacial score (nSPS) is 12.2. The minimum atomic E-state index is -0.184. The molecule has 2 aromatic heterocycles. The number of carbonyl (C=O) groups excluding carboxylic acids is 1. The second kappa shape index (κ2) is 5.81. The number of nitrogens with one attached hydrogen (secondary N) is 1. The van der Waals surface area contributed by atoms with Gasteiger partial charge in [0, 0.05) is 20.3 Å². The van der Waals surface area contributed by atoms with Gasteiger partial charge < -0.3 is 14.6 Å². The number of furan rings is 1. The van der Waals surface area contributed by atoms with Gasteiger partial charge in [-0.2, -0.15) is 5.10 Å². The highest BCUT2D eigenvalue weighted by atomic mass is 16.3. The molecular weight excluding hydrogens is 256 g/mol. The number of nitrogens with zero attached hydrogens (tertiary/aromatic N) is 3. The van der Waals surface area contributed by atoms with Crippen LogP contribution < -0.4 is 5.32 Å². The Morgan fingerprint density at radius 3 is 2.95 bits per heavy atom. The minimum absolute atomic E-state index is 0.133. The third kappa shape index (κ3) is 2.84. The maximum atomic E-state index is 12.3. The van der Waals surface area contributed by atoms with Gasteiger partial charge in [0.05, 0.1) is 23.7 Å². The molecule has 0 bridgehead atoms.